The largest absolute Gasteiger partial charge is 0.481 e. The first-order valence-corrected chi connectivity index (χ1v) is 5.56. The summed E-state index contributed by atoms with van der Waals surface area (Å²) in [7, 11) is 0. The number of hydrogen-bond donors (Lipinski definition) is 4. The normalized spacial score (nSPS) is 18.0. The fourth-order valence-electron chi connectivity index (χ4n) is 1.50. The van der Waals surface area contributed by atoms with Crippen LogP contribution in [0.5, 0.6) is 0 Å². The van der Waals surface area contributed by atoms with Crippen LogP contribution in [0.15, 0.2) is 0 Å². The first-order valence-electron chi connectivity index (χ1n) is 5.56. The zero-order chi connectivity index (χ0) is 13.5. The third-order valence-electron chi connectivity index (χ3n) is 2.41. The average molecular weight is 257 g/mol. The molecule has 1 aliphatic rings. The summed E-state index contributed by atoms with van der Waals surface area (Å²) < 4.78 is 0. The number of carboxylic acids is 1. The highest BCUT2D eigenvalue weighted by Crippen LogP contribution is 2.04. The number of carboxylic acid groups (broad SMARTS) is 1. The van der Waals surface area contributed by atoms with Gasteiger partial charge in [0, 0.05) is 25.4 Å². The van der Waals surface area contributed by atoms with Gasteiger partial charge in [-0.25, -0.2) is 4.79 Å². The van der Waals surface area contributed by atoms with E-state index in [0.29, 0.717) is 12.8 Å². The molecule has 0 spiro atoms. The van der Waals surface area contributed by atoms with Crippen molar-refractivity contribution in [1.29, 1.82) is 0 Å². The van der Waals surface area contributed by atoms with Crippen LogP contribution in [-0.4, -0.2) is 41.5 Å². The predicted octanol–water partition coefficient (Wildman–Crippen LogP) is -1.04. The second-order valence-corrected chi connectivity index (χ2v) is 3.96. The lowest BCUT2D eigenvalue weighted by Crippen LogP contribution is -2.44. The molecule has 1 rings (SSSR count). The molecule has 1 atom stereocenters. The molecule has 1 aliphatic heterocycles. The van der Waals surface area contributed by atoms with Crippen LogP contribution in [0.4, 0.5) is 4.79 Å². The van der Waals surface area contributed by atoms with Gasteiger partial charge in [-0.15, -0.1) is 0 Å². The predicted molar refractivity (Wildman–Crippen MR) is 59.6 cm³/mol. The standard InChI is InChI=1S/C10H15N3O5/c14-7-2-1-6(12-7)5-11-10(18)13-8(15)3-4-9(16)17/h6H,1-5H2,(H,12,14)(H,16,17)(H2,11,13,15,18). The summed E-state index contributed by atoms with van der Waals surface area (Å²) in [6.45, 7) is 0.240. The molecule has 0 aliphatic carbocycles. The van der Waals surface area contributed by atoms with Crippen LogP contribution < -0.4 is 16.0 Å². The maximum atomic E-state index is 11.2. The first-order chi connectivity index (χ1) is 8.47. The SMILES string of the molecule is O=C(O)CCC(=O)NC(=O)NCC1CCC(=O)N1. The number of aliphatic carboxylic acids is 1. The van der Waals surface area contributed by atoms with Crippen LogP contribution in [-0.2, 0) is 14.4 Å². The molecule has 0 aromatic heterocycles. The van der Waals surface area contributed by atoms with Crippen LogP contribution >= 0.6 is 0 Å². The third kappa shape index (κ3) is 5.28. The summed E-state index contributed by atoms with van der Waals surface area (Å²) in [5, 5.41) is 15.4. The zero-order valence-corrected chi connectivity index (χ0v) is 9.69. The Morgan fingerprint density at radius 2 is 2.06 bits per heavy atom. The Morgan fingerprint density at radius 3 is 2.61 bits per heavy atom. The Bertz CT molecular complexity index is 369. The number of rotatable bonds is 5. The number of nitrogens with one attached hydrogen (secondary N) is 3. The molecule has 18 heavy (non-hydrogen) atoms. The second kappa shape index (κ2) is 6.58. The molecule has 0 aromatic carbocycles. The van der Waals surface area contributed by atoms with Crippen molar-refractivity contribution in [2.75, 3.05) is 6.54 Å². The molecule has 0 saturated carbocycles. The first kappa shape index (κ1) is 13.9. The lowest BCUT2D eigenvalue weighted by Gasteiger charge is -2.11. The highest BCUT2D eigenvalue weighted by molar-refractivity contribution is 5.95. The molecule has 0 aromatic rings. The maximum absolute atomic E-state index is 11.2. The van der Waals surface area contributed by atoms with Crippen molar-refractivity contribution in [3.05, 3.63) is 0 Å². The summed E-state index contributed by atoms with van der Waals surface area (Å²) in [6, 6.07) is -0.802. The average Bonchev–Trinajstić information content (AvgIpc) is 2.70. The maximum Gasteiger partial charge on any atom is 0.321 e. The smallest absolute Gasteiger partial charge is 0.321 e. The second-order valence-electron chi connectivity index (χ2n) is 3.96. The molecule has 1 saturated heterocycles. The molecular formula is C10H15N3O5. The Morgan fingerprint density at radius 1 is 1.33 bits per heavy atom. The summed E-state index contributed by atoms with van der Waals surface area (Å²) >= 11 is 0. The number of carbonyl (C=O) groups excluding carboxylic acids is 3. The molecule has 4 N–H and O–H groups in total. The Balaban J connectivity index is 2.15. The molecule has 1 fully saturated rings. The lowest BCUT2D eigenvalue weighted by molar-refractivity contribution is -0.138. The van der Waals surface area contributed by atoms with E-state index in [4.69, 9.17) is 5.11 Å². The number of imide groups is 1. The van der Waals surface area contributed by atoms with Crippen LogP contribution in [0.1, 0.15) is 25.7 Å². The minimum atomic E-state index is -1.10. The van der Waals surface area contributed by atoms with Gasteiger partial charge in [0.05, 0.1) is 6.42 Å². The molecule has 1 heterocycles. The van der Waals surface area contributed by atoms with Crippen molar-refractivity contribution in [2.45, 2.75) is 31.7 Å². The molecule has 1 unspecified atom stereocenters. The van der Waals surface area contributed by atoms with Crippen LogP contribution in [0, 0.1) is 0 Å². The molecular weight excluding hydrogens is 242 g/mol. The van der Waals surface area contributed by atoms with Gasteiger partial charge in [-0.1, -0.05) is 0 Å². The van der Waals surface area contributed by atoms with Gasteiger partial charge in [0.25, 0.3) is 0 Å². The highest BCUT2D eigenvalue weighted by Gasteiger charge is 2.21. The lowest BCUT2D eigenvalue weighted by atomic mass is 10.2. The van der Waals surface area contributed by atoms with Gasteiger partial charge in [0.1, 0.15) is 0 Å². The van der Waals surface area contributed by atoms with Crippen molar-refractivity contribution in [3.8, 4) is 0 Å². The zero-order valence-electron chi connectivity index (χ0n) is 9.69. The Kier molecular flexibility index (Phi) is 5.09. The fraction of sp³-hybridized carbons (Fsp3) is 0.600. The van der Waals surface area contributed by atoms with Crippen molar-refractivity contribution >= 4 is 23.8 Å². The number of carbonyl (C=O) groups is 4. The summed E-state index contributed by atoms with van der Waals surface area (Å²) in [4.78, 5) is 43.4. The van der Waals surface area contributed by atoms with E-state index in [-0.39, 0.29) is 31.3 Å². The molecule has 8 nitrogen and oxygen atoms in total. The van der Waals surface area contributed by atoms with E-state index < -0.39 is 17.9 Å². The van der Waals surface area contributed by atoms with Gasteiger partial charge < -0.3 is 15.7 Å². The van der Waals surface area contributed by atoms with Crippen molar-refractivity contribution in [1.82, 2.24) is 16.0 Å². The van der Waals surface area contributed by atoms with E-state index in [0.717, 1.165) is 0 Å². The molecule has 4 amide bonds. The topological polar surface area (TPSA) is 125 Å². The van der Waals surface area contributed by atoms with Crippen molar-refractivity contribution < 1.29 is 24.3 Å². The minimum absolute atomic E-state index is 0.0558. The molecule has 8 heteroatoms. The Hall–Kier alpha value is -2.12. The fourth-order valence-corrected chi connectivity index (χ4v) is 1.50. The van der Waals surface area contributed by atoms with E-state index >= 15 is 0 Å². The van der Waals surface area contributed by atoms with Gasteiger partial charge in [-0.2, -0.15) is 0 Å². The number of hydrogen-bond acceptors (Lipinski definition) is 4. The molecule has 0 bridgehead atoms. The van der Waals surface area contributed by atoms with Crippen LogP contribution in [0.2, 0.25) is 0 Å². The number of urea groups is 1. The molecule has 0 radical (unpaired) electrons. The van der Waals surface area contributed by atoms with E-state index in [1.54, 1.807) is 0 Å². The van der Waals surface area contributed by atoms with E-state index in [2.05, 4.69) is 10.6 Å². The highest BCUT2D eigenvalue weighted by atomic mass is 16.4. The summed E-state index contributed by atoms with van der Waals surface area (Å²) in [6.07, 6.45) is 0.512. The van der Waals surface area contributed by atoms with E-state index in [1.165, 1.54) is 0 Å². The van der Waals surface area contributed by atoms with E-state index in [9.17, 15) is 19.2 Å². The van der Waals surface area contributed by atoms with Gasteiger partial charge in [0.15, 0.2) is 0 Å². The van der Waals surface area contributed by atoms with Gasteiger partial charge in [0.2, 0.25) is 11.8 Å². The monoisotopic (exact) mass is 257 g/mol. The molecule has 100 valence electrons. The van der Waals surface area contributed by atoms with Crippen molar-refractivity contribution in [3.63, 3.8) is 0 Å². The summed E-state index contributed by atoms with van der Waals surface area (Å²) in [5.41, 5.74) is 0. The number of amides is 4. The van der Waals surface area contributed by atoms with Crippen LogP contribution in [0.25, 0.3) is 0 Å². The quantitative estimate of drug-likeness (QED) is 0.500. The van der Waals surface area contributed by atoms with Crippen molar-refractivity contribution in [2.24, 2.45) is 0 Å². The van der Waals surface area contributed by atoms with Gasteiger partial charge in [-0.05, 0) is 6.42 Å². The third-order valence-corrected chi connectivity index (χ3v) is 2.41. The van der Waals surface area contributed by atoms with Crippen LogP contribution in [0.3, 0.4) is 0 Å². The van der Waals surface area contributed by atoms with E-state index in [1.807, 2.05) is 5.32 Å². The Labute approximate surface area is 103 Å². The minimum Gasteiger partial charge on any atom is -0.481 e. The van der Waals surface area contributed by atoms with Gasteiger partial charge >= 0.3 is 12.0 Å². The van der Waals surface area contributed by atoms with Gasteiger partial charge in [-0.3, -0.25) is 19.7 Å². The summed E-state index contributed by atoms with van der Waals surface area (Å²) in [5.74, 6) is -1.80.